The maximum Gasteiger partial charge on any atom is 0.329 e. The van der Waals surface area contributed by atoms with Crippen molar-refractivity contribution in [1.82, 2.24) is 4.90 Å². The Balaban J connectivity index is 4.86. The van der Waals surface area contributed by atoms with Crippen LogP contribution in [0, 0.1) is 0 Å². The first kappa shape index (κ1) is 36.6. The zero-order chi connectivity index (χ0) is 28.3. The molecule has 6 heteroatoms. The summed E-state index contributed by atoms with van der Waals surface area (Å²) in [5, 5.41) is 0. The minimum absolute atomic E-state index is 0.223. The van der Waals surface area contributed by atoms with Crippen LogP contribution in [0.1, 0.15) is 168 Å². The van der Waals surface area contributed by atoms with Gasteiger partial charge in [0.25, 0.3) is 0 Å². The minimum atomic E-state index is -0.835. The zero-order valence-corrected chi connectivity index (χ0v) is 25.4. The number of amides is 2. The molecule has 0 heterocycles. The normalized spacial score (nSPS) is 11.9. The van der Waals surface area contributed by atoms with E-state index in [2.05, 4.69) is 13.8 Å². The highest BCUT2D eigenvalue weighted by Crippen LogP contribution is 2.19. The van der Waals surface area contributed by atoms with Gasteiger partial charge in [0, 0.05) is 12.8 Å². The van der Waals surface area contributed by atoms with Gasteiger partial charge in [-0.15, -0.1) is 0 Å². The predicted molar refractivity (Wildman–Crippen MR) is 159 cm³/mol. The number of carbonyl (C=O) groups is 3. The van der Waals surface area contributed by atoms with Gasteiger partial charge in [0.2, 0.25) is 11.8 Å². The van der Waals surface area contributed by atoms with E-state index in [1.165, 1.54) is 81.9 Å². The Morgan fingerprint density at radius 2 is 0.974 bits per heavy atom. The lowest BCUT2D eigenvalue weighted by atomic mass is 10.0. The monoisotopic (exact) mass is 538 g/mol. The van der Waals surface area contributed by atoms with Gasteiger partial charge in [-0.05, 0) is 45.6 Å². The number of imide groups is 1. The van der Waals surface area contributed by atoms with Crippen molar-refractivity contribution in [3.05, 3.63) is 0 Å². The predicted octanol–water partition coefficient (Wildman–Crippen LogP) is 8.24. The summed E-state index contributed by atoms with van der Waals surface area (Å²) in [4.78, 5) is 40.7. The summed E-state index contributed by atoms with van der Waals surface area (Å²) in [5.41, 5.74) is 5.66. The van der Waals surface area contributed by atoms with Crippen LogP contribution in [0.15, 0.2) is 0 Å². The number of esters is 1. The molecule has 0 rings (SSSR count). The third-order valence-electron chi connectivity index (χ3n) is 7.33. The summed E-state index contributed by atoms with van der Waals surface area (Å²) in [5.74, 6) is -0.912. The molecule has 0 saturated heterocycles. The number of nitrogens with zero attached hydrogens (tertiary/aromatic N) is 1. The van der Waals surface area contributed by atoms with Gasteiger partial charge in [-0.1, -0.05) is 117 Å². The zero-order valence-electron chi connectivity index (χ0n) is 25.4. The van der Waals surface area contributed by atoms with E-state index in [1.807, 2.05) is 0 Å². The number of unbranched alkanes of at least 4 members (excludes halogenated alkanes) is 17. The number of nitrogens with two attached hydrogens (primary N) is 1. The molecule has 0 aromatic rings. The molecule has 0 aliphatic carbocycles. The molecule has 224 valence electrons. The van der Waals surface area contributed by atoms with Crippen molar-refractivity contribution < 1.29 is 19.1 Å². The quantitative estimate of drug-likeness (QED) is 0.0840. The molecule has 2 N–H and O–H groups in total. The first-order valence-corrected chi connectivity index (χ1v) is 16.2. The molecule has 0 aromatic carbocycles. The van der Waals surface area contributed by atoms with Crippen molar-refractivity contribution >= 4 is 17.8 Å². The van der Waals surface area contributed by atoms with E-state index >= 15 is 0 Å². The first-order chi connectivity index (χ1) is 18.5. The average Bonchev–Trinajstić information content (AvgIpc) is 2.90. The second kappa shape index (κ2) is 27.1. The molecule has 0 spiro atoms. The van der Waals surface area contributed by atoms with Crippen LogP contribution < -0.4 is 5.73 Å². The summed E-state index contributed by atoms with van der Waals surface area (Å²) in [6.45, 7) is 6.97. The van der Waals surface area contributed by atoms with Crippen LogP contribution in [0.5, 0.6) is 0 Å². The summed E-state index contributed by atoms with van der Waals surface area (Å²) < 4.78 is 5.30. The molecule has 0 saturated carbocycles. The van der Waals surface area contributed by atoms with Gasteiger partial charge in [0.15, 0.2) is 0 Å². The molecule has 2 amide bonds. The number of carbonyl (C=O) groups excluding carboxylic acids is 3. The maximum absolute atomic E-state index is 13.3. The average molecular weight is 539 g/mol. The second-order valence-corrected chi connectivity index (χ2v) is 10.9. The van der Waals surface area contributed by atoms with E-state index in [9.17, 15) is 14.4 Å². The van der Waals surface area contributed by atoms with Crippen LogP contribution in [-0.4, -0.2) is 41.9 Å². The third kappa shape index (κ3) is 19.6. The first-order valence-electron chi connectivity index (χ1n) is 16.2. The van der Waals surface area contributed by atoms with Crippen molar-refractivity contribution in [1.29, 1.82) is 0 Å². The van der Waals surface area contributed by atoms with Gasteiger partial charge in [0.1, 0.15) is 6.04 Å². The summed E-state index contributed by atoms with van der Waals surface area (Å²) in [7, 11) is 0. The molecular formula is C32H62N2O4. The molecule has 0 bridgehead atoms. The van der Waals surface area contributed by atoms with E-state index in [-0.39, 0.29) is 18.4 Å². The SMILES string of the molecule is CCCCCCCCCCCC(=O)N(C(=O)CCCCCCCCCCC)[C@@H](CCCCN)C(=O)OCC. The Morgan fingerprint density at radius 3 is 1.34 bits per heavy atom. The van der Waals surface area contributed by atoms with Crippen LogP contribution in [-0.2, 0) is 19.1 Å². The maximum atomic E-state index is 13.3. The fraction of sp³-hybridized carbons (Fsp3) is 0.906. The van der Waals surface area contributed by atoms with Crippen LogP contribution in [0.25, 0.3) is 0 Å². The van der Waals surface area contributed by atoms with E-state index in [0.29, 0.717) is 32.2 Å². The number of ether oxygens (including phenoxy) is 1. The van der Waals surface area contributed by atoms with E-state index in [0.717, 1.165) is 44.9 Å². The molecule has 6 nitrogen and oxygen atoms in total. The van der Waals surface area contributed by atoms with Gasteiger partial charge in [-0.2, -0.15) is 0 Å². The van der Waals surface area contributed by atoms with E-state index < -0.39 is 12.0 Å². The lowest BCUT2D eigenvalue weighted by Crippen LogP contribution is -2.49. The lowest BCUT2D eigenvalue weighted by Gasteiger charge is -2.29. The molecule has 0 aliphatic rings. The van der Waals surface area contributed by atoms with Crippen molar-refractivity contribution in [2.24, 2.45) is 5.73 Å². The van der Waals surface area contributed by atoms with Crippen molar-refractivity contribution in [2.45, 2.75) is 174 Å². The third-order valence-corrected chi connectivity index (χ3v) is 7.33. The highest BCUT2D eigenvalue weighted by atomic mass is 16.5. The molecule has 38 heavy (non-hydrogen) atoms. The Morgan fingerprint density at radius 1 is 0.579 bits per heavy atom. The van der Waals surface area contributed by atoms with Crippen LogP contribution in [0.3, 0.4) is 0 Å². The largest absolute Gasteiger partial charge is 0.464 e. The molecule has 0 aliphatic heterocycles. The number of rotatable bonds is 27. The molecule has 0 radical (unpaired) electrons. The van der Waals surface area contributed by atoms with Gasteiger partial charge in [-0.25, -0.2) is 4.79 Å². The Hall–Kier alpha value is -1.43. The van der Waals surface area contributed by atoms with Crippen molar-refractivity contribution in [3.63, 3.8) is 0 Å². The highest BCUT2D eigenvalue weighted by molar-refractivity contribution is 5.99. The van der Waals surface area contributed by atoms with Crippen LogP contribution >= 0.6 is 0 Å². The lowest BCUT2D eigenvalue weighted by molar-refractivity contribution is -0.161. The van der Waals surface area contributed by atoms with Gasteiger partial charge in [0.05, 0.1) is 6.61 Å². The van der Waals surface area contributed by atoms with Gasteiger partial charge < -0.3 is 10.5 Å². The Labute approximate surface area is 235 Å². The fourth-order valence-corrected chi connectivity index (χ4v) is 4.97. The van der Waals surface area contributed by atoms with Crippen molar-refractivity contribution in [3.8, 4) is 0 Å². The molecular weight excluding hydrogens is 476 g/mol. The summed E-state index contributed by atoms with van der Waals surface area (Å²) >= 11 is 0. The summed E-state index contributed by atoms with van der Waals surface area (Å²) in [6.07, 6.45) is 23.4. The van der Waals surface area contributed by atoms with Crippen LogP contribution in [0.2, 0.25) is 0 Å². The van der Waals surface area contributed by atoms with Gasteiger partial charge in [-0.3, -0.25) is 14.5 Å². The number of hydrogen-bond acceptors (Lipinski definition) is 5. The summed E-state index contributed by atoms with van der Waals surface area (Å²) in [6, 6.07) is -0.835. The van der Waals surface area contributed by atoms with E-state index in [1.54, 1.807) is 6.92 Å². The van der Waals surface area contributed by atoms with Crippen LogP contribution in [0.4, 0.5) is 0 Å². The highest BCUT2D eigenvalue weighted by Gasteiger charge is 2.34. The molecule has 1 atom stereocenters. The smallest absolute Gasteiger partial charge is 0.329 e. The fourth-order valence-electron chi connectivity index (χ4n) is 4.97. The molecule has 0 unspecified atom stereocenters. The standard InChI is InChI=1S/C32H62N2O4/c1-4-7-9-11-13-15-17-19-21-26-30(35)34(29(25-23-24-28-33)32(37)38-6-3)31(36)27-22-20-18-16-14-12-10-8-5-2/h29H,4-28,33H2,1-3H3/t29-/m0/s1. The Bertz CT molecular complexity index is 548. The van der Waals surface area contributed by atoms with Crippen molar-refractivity contribution in [2.75, 3.05) is 13.2 Å². The second-order valence-electron chi connectivity index (χ2n) is 10.9. The molecule has 0 fully saturated rings. The Kier molecular flexibility index (Phi) is 26.1. The molecule has 0 aromatic heterocycles. The van der Waals surface area contributed by atoms with E-state index in [4.69, 9.17) is 10.5 Å². The van der Waals surface area contributed by atoms with Gasteiger partial charge >= 0.3 is 5.97 Å². The minimum Gasteiger partial charge on any atom is -0.464 e. The topological polar surface area (TPSA) is 89.7 Å². The number of hydrogen-bond donors (Lipinski definition) is 1.